The van der Waals surface area contributed by atoms with Crippen LogP contribution in [0.15, 0.2) is 18.2 Å². The number of nitrogens with zero attached hydrogens (tertiary/aromatic N) is 1. The predicted molar refractivity (Wildman–Crippen MR) is 57.9 cm³/mol. The topological polar surface area (TPSA) is 58.6 Å². The molecule has 0 atom stereocenters. The zero-order valence-corrected chi connectivity index (χ0v) is 9.28. The molecule has 1 aromatic rings. The minimum absolute atomic E-state index is 0.209. The van der Waals surface area contributed by atoms with E-state index in [4.69, 9.17) is 0 Å². The van der Waals surface area contributed by atoms with Crippen molar-refractivity contribution in [3.8, 4) is 0 Å². The zero-order valence-electron chi connectivity index (χ0n) is 9.28. The highest BCUT2D eigenvalue weighted by Crippen LogP contribution is 2.17. The number of carbonyl (C=O) groups is 2. The molecule has 0 radical (unpaired) electrons. The fraction of sp³-hybridized carbons (Fsp3) is 0.273. The van der Waals surface area contributed by atoms with Crippen molar-refractivity contribution in [2.75, 3.05) is 25.0 Å². The normalized spacial score (nSPS) is 14.6. The molecule has 1 saturated heterocycles. The molecule has 96 valence electrons. The first-order valence-electron chi connectivity index (χ1n) is 5.23. The molecule has 0 aromatic heterocycles. The standard InChI is InChI=1S/C11H10F2N2O3/c12-7-2-1-3-8(13)10(7)14-9(16)6-15-4-5-18-11(15)17/h1-3H,4-6H2,(H,14,16). The summed E-state index contributed by atoms with van der Waals surface area (Å²) in [6.07, 6.45) is -0.612. The first kappa shape index (κ1) is 12.3. The van der Waals surface area contributed by atoms with Crippen molar-refractivity contribution in [3.05, 3.63) is 29.8 Å². The van der Waals surface area contributed by atoms with Crippen molar-refractivity contribution in [3.63, 3.8) is 0 Å². The maximum atomic E-state index is 13.2. The second-order valence-corrected chi connectivity index (χ2v) is 3.68. The number of halogens is 2. The second kappa shape index (κ2) is 4.99. The van der Waals surface area contributed by atoms with E-state index >= 15 is 0 Å². The number of carbonyl (C=O) groups excluding carboxylic acids is 2. The molecule has 1 fully saturated rings. The monoisotopic (exact) mass is 256 g/mol. The molecular formula is C11H10F2N2O3. The summed E-state index contributed by atoms with van der Waals surface area (Å²) in [6, 6.07) is 3.25. The predicted octanol–water partition coefficient (Wildman–Crippen LogP) is 1.36. The smallest absolute Gasteiger partial charge is 0.410 e. The molecule has 0 bridgehead atoms. The molecule has 5 nitrogen and oxygen atoms in total. The largest absolute Gasteiger partial charge is 0.448 e. The SMILES string of the molecule is O=C(CN1CCOC1=O)Nc1c(F)cccc1F. The van der Waals surface area contributed by atoms with E-state index in [9.17, 15) is 18.4 Å². The fourth-order valence-electron chi connectivity index (χ4n) is 1.54. The molecule has 1 heterocycles. The fourth-order valence-corrected chi connectivity index (χ4v) is 1.54. The summed E-state index contributed by atoms with van der Waals surface area (Å²) in [6.45, 7) is 0.193. The molecule has 18 heavy (non-hydrogen) atoms. The molecule has 0 unspecified atom stereocenters. The average molecular weight is 256 g/mol. The zero-order chi connectivity index (χ0) is 13.1. The molecule has 0 saturated carbocycles. The summed E-state index contributed by atoms with van der Waals surface area (Å²) < 4.78 is 31.1. The maximum absolute atomic E-state index is 13.2. The highest BCUT2D eigenvalue weighted by molar-refractivity contribution is 5.94. The van der Waals surface area contributed by atoms with Crippen LogP contribution in [-0.2, 0) is 9.53 Å². The van der Waals surface area contributed by atoms with Gasteiger partial charge in [0.2, 0.25) is 5.91 Å². The Bertz CT molecular complexity index is 473. The van der Waals surface area contributed by atoms with Gasteiger partial charge in [-0.2, -0.15) is 0 Å². The number of para-hydroxylation sites is 1. The van der Waals surface area contributed by atoms with Crippen LogP contribution in [0.3, 0.4) is 0 Å². The molecule has 1 aromatic carbocycles. The van der Waals surface area contributed by atoms with Gasteiger partial charge in [0.1, 0.15) is 30.5 Å². The number of nitrogens with one attached hydrogen (secondary N) is 1. The van der Waals surface area contributed by atoms with Crippen molar-refractivity contribution in [1.29, 1.82) is 0 Å². The lowest BCUT2D eigenvalue weighted by Crippen LogP contribution is -2.34. The van der Waals surface area contributed by atoms with Gasteiger partial charge in [0.15, 0.2) is 0 Å². The van der Waals surface area contributed by atoms with Crippen LogP contribution in [-0.4, -0.2) is 36.6 Å². The van der Waals surface area contributed by atoms with E-state index in [1.54, 1.807) is 0 Å². The average Bonchev–Trinajstić information content (AvgIpc) is 2.70. The minimum Gasteiger partial charge on any atom is -0.448 e. The van der Waals surface area contributed by atoms with Gasteiger partial charge in [0, 0.05) is 0 Å². The maximum Gasteiger partial charge on any atom is 0.410 e. The van der Waals surface area contributed by atoms with Gasteiger partial charge in [-0.1, -0.05) is 6.07 Å². The third kappa shape index (κ3) is 2.55. The third-order valence-corrected chi connectivity index (χ3v) is 2.41. The third-order valence-electron chi connectivity index (χ3n) is 2.41. The Morgan fingerprint density at radius 1 is 1.39 bits per heavy atom. The summed E-state index contributed by atoms with van der Waals surface area (Å²) in [5, 5.41) is 2.09. The van der Waals surface area contributed by atoms with Gasteiger partial charge in [-0.15, -0.1) is 0 Å². The van der Waals surface area contributed by atoms with E-state index in [1.165, 1.54) is 6.07 Å². The van der Waals surface area contributed by atoms with Crippen LogP contribution in [0.2, 0.25) is 0 Å². The van der Waals surface area contributed by atoms with E-state index < -0.39 is 29.3 Å². The highest BCUT2D eigenvalue weighted by Gasteiger charge is 2.24. The Balaban J connectivity index is 2.01. The Morgan fingerprint density at radius 3 is 2.61 bits per heavy atom. The minimum atomic E-state index is -0.868. The van der Waals surface area contributed by atoms with Crippen molar-refractivity contribution in [2.45, 2.75) is 0 Å². The molecule has 2 rings (SSSR count). The molecule has 2 amide bonds. The molecule has 7 heteroatoms. The molecular weight excluding hydrogens is 246 g/mol. The van der Waals surface area contributed by atoms with Crippen molar-refractivity contribution in [1.82, 2.24) is 4.90 Å². The summed E-state index contributed by atoms with van der Waals surface area (Å²) >= 11 is 0. The van der Waals surface area contributed by atoms with Crippen LogP contribution in [0.5, 0.6) is 0 Å². The summed E-state index contributed by atoms with van der Waals surface area (Å²) in [5.41, 5.74) is -0.518. The van der Waals surface area contributed by atoms with Gasteiger partial charge < -0.3 is 10.1 Å². The van der Waals surface area contributed by atoms with Crippen LogP contribution >= 0.6 is 0 Å². The van der Waals surface area contributed by atoms with E-state index in [0.29, 0.717) is 0 Å². The van der Waals surface area contributed by atoms with Gasteiger partial charge in [0.25, 0.3) is 0 Å². The molecule has 1 aliphatic rings. The first-order chi connectivity index (χ1) is 8.58. The molecule has 0 spiro atoms. The number of ether oxygens (including phenoxy) is 1. The van der Waals surface area contributed by atoms with Gasteiger partial charge in [0.05, 0.1) is 6.54 Å². The number of hydrogen-bond donors (Lipinski definition) is 1. The van der Waals surface area contributed by atoms with Gasteiger partial charge in [-0.3, -0.25) is 9.69 Å². The Kier molecular flexibility index (Phi) is 3.40. The van der Waals surface area contributed by atoms with Crippen LogP contribution in [0.1, 0.15) is 0 Å². The number of rotatable bonds is 3. The molecule has 1 aliphatic heterocycles. The number of anilines is 1. The van der Waals surface area contributed by atoms with Gasteiger partial charge in [-0.05, 0) is 12.1 Å². The van der Waals surface area contributed by atoms with E-state index in [2.05, 4.69) is 10.1 Å². The van der Waals surface area contributed by atoms with Crippen molar-refractivity contribution in [2.24, 2.45) is 0 Å². The first-order valence-corrected chi connectivity index (χ1v) is 5.23. The van der Waals surface area contributed by atoms with Crippen LogP contribution < -0.4 is 5.32 Å². The quantitative estimate of drug-likeness (QED) is 0.888. The Labute approximate surface area is 101 Å². The summed E-state index contributed by atoms with van der Waals surface area (Å²) in [7, 11) is 0. The summed E-state index contributed by atoms with van der Waals surface area (Å²) in [5.74, 6) is -2.42. The number of cyclic esters (lactones) is 1. The summed E-state index contributed by atoms with van der Waals surface area (Å²) in [4.78, 5) is 23.7. The van der Waals surface area contributed by atoms with Crippen LogP contribution in [0.25, 0.3) is 0 Å². The number of hydrogen-bond acceptors (Lipinski definition) is 3. The number of benzene rings is 1. The van der Waals surface area contributed by atoms with Crippen molar-refractivity contribution >= 4 is 17.7 Å². The Hall–Kier alpha value is -2.18. The highest BCUT2D eigenvalue weighted by atomic mass is 19.1. The van der Waals surface area contributed by atoms with E-state index in [-0.39, 0.29) is 19.7 Å². The lowest BCUT2D eigenvalue weighted by molar-refractivity contribution is -0.116. The van der Waals surface area contributed by atoms with Crippen LogP contribution in [0, 0.1) is 11.6 Å². The molecule has 0 aliphatic carbocycles. The van der Waals surface area contributed by atoms with E-state index in [1.807, 2.05) is 0 Å². The number of amides is 2. The lowest BCUT2D eigenvalue weighted by Gasteiger charge is -2.13. The van der Waals surface area contributed by atoms with Gasteiger partial charge >= 0.3 is 6.09 Å². The molecule has 1 N–H and O–H groups in total. The second-order valence-electron chi connectivity index (χ2n) is 3.68. The lowest BCUT2D eigenvalue weighted by atomic mass is 10.3. The van der Waals surface area contributed by atoms with Crippen LogP contribution in [0.4, 0.5) is 19.3 Å². The Morgan fingerprint density at radius 2 is 2.06 bits per heavy atom. The van der Waals surface area contributed by atoms with Crippen molar-refractivity contribution < 1.29 is 23.1 Å². The van der Waals surface area contributed by atoms with Gasteiger partial charge in [-0.25, -0.2) is 13.6 Å². The van der Waals surface area contributed by atoms with E-state index in [0.717, 1.165) is 17.0 Å².